The van der Waals surface area contributed by atoms with Gasteiger partial charge in [-0.3, -0.25) is 10.2 Å². The Labute approximate surface area is 204 Å². The van der Waals surface area contributed by atoms with Crippen LogP contribution in [0.15, 0.2) is 101 Å². The molecule has 3 aromatic carbocycles. The number of rotatable bonds is 7. The van der Waals surface area contributed by atoms with Gasteiger partial charge >= 0.3 is 6.18 Å². The first kappa shape index (κ1) is 24.3. The summed E-state index contributed by atoms with van der Waals surface area (Å²) < 4.78 is 38.7. The highest BCUT2D eigenvalue weighted by atomic mass is 19.4. The molecule has 9 heteroatoms. The minimum Gasteiger partial charge on any atom is -0.278 e. The Kier molecular flexibility index (Phi) is 7.50. The Morgan fingerprint density at radius 1 is 0.889 bits per heavy atom. The number of nitrogens with one attached hydrogen (secondary N) is 2. The van der Waals surface area contributed by atoms with Crippen LogP contribution in [0.4, 0.5) is 18.9 Å². The van der Waals surface area contributed by atoms with E-state index in [9.17, 15) is 18.0 Å². The first-order valence-corrected chi connectivity index (χ1v) is 10.8. The summed E-state index contributed by atoms with van der Waals surface area (Å²) in [4.78, 5) is 17.3. The van der Waals surface area contributed by atoms with E-state index in [-0.39, 0.29) is 5.69 Å². The highest BCUT2D eigenvalue weighted by Gasteiger charge is 2.30. The fraction of sp³-hybridized carbons (Fsp3) is 0.0370. The van der Waals surface area contributed by atoms with Crippen LogP contribution in [-0.4, -0.2) is 23.3 Å². The normalized spacial score (nSPS) is 12.1. The highest BCUT2D eigenvalue weighted by molar-refractivity contribution is 6.07. The van der Waals surface area contributed by atoms with E-state index in [1.165, 1.54) is 30.6 Å². The van der Waals surface area contributed by atoms with Crippen LogP contribution < -0.4 is 10.9 Å². The standard InChI is InChI=1S/C27H20F3N5O/c28-27(29,30)20-11-6-12-21(16-20)34-32-18-22-17-24(23-13-4-5-14-25(23)33-22)26(36)35-31-15-7-10-19-8-2-1-3-9-19/h1-18,34H,(H,35,36)/b10-7+,31-15-,32-18+. The van der Waals surface area contributed by atoms with E-state index in [0.29, 0.717) is 22.2 Å². The van der Waals surface area contributed by atoms with Crippen LogP contribution in [0.5, 0.6) is 0 Å². The van der Waals surface area contributed by atoms with Crippen molar-refractivity contribution in [1.29, 1.82) is 0 Å². The average Bonchev–Trinajstić information content (AvgIpc) is 2.88. The number of halogens is 3. The molecule has 0 atom stereocenters. The van der Waals surface area contributed by atoms with Crippen molar-refractivity contribution in [3.8, 4) is 0 Å². The van der Waals surface area contributed by atoms with Crippen LogP contribution in [0.1, 0.15) is 27.2 Å². The van der Waals surface area contributed by atoms with E-state index in [4.69, 9.17) is 0 Å². The maximum atomic E-state index is 12.9. The zero-order valence-electron chi connectivity index (χ0n) is 18.8. The van der Waals surface area contributed by atoms with Gasteiger partial charge in [-0.2, -0.15) is 23.4 Å². The van der Waals surface area contributed by atoms with Crippen LogP contribution in [0, 0.1) is 0 Å². The topological polar surface area (TPSA) is 78.7 Å². The van der Waals surface area contributed by atoms with Crippen LogP contribution in [0.25, 0.3) is 17.0 Å². The molecule has 0 saturated heterocycles. The second-order valence-corrected chi connectivity index (χ2v) is 7.55. The Balaban J connectivity index is 1.49. The average molecular weight is 487 g/mol. The molecule has 0 bridgehead atoms. The molecule has 1 amide bonds. The number of carbonyl (C=O) groups excluding carboxylic acids is 1. The third-order valence-corrected chi connectivity index (χ3v) is 4.98. The van der Waals surface area contributed by atoms with Gasteiger partial charge in [0.15, 0.2) is 0 Å². The molecule has 0 unspecified atom stereocenters. The van der Waals surface area contributed by atoms with E-state index >= 15 is 0 Å². The van der Waals surface area contributed by atoms with E-state index in [2.05, 4.69) is 26.0 Å². The molecule has 1 aromatic heterocycles. The second-order valence-electron chi connectivity index (χ2n) is 7.55. The van der Waals surface area contributed by atoms with Gasteiger partial charge in [0, 0.05) is 11.6 Å². The van der Waals surface area contributed by atoms with Gasteiger partial charge in [0.1, 0.15) is 0 Å². The minimum absolute atomic E-state index is 0.165. The number of amides is 1. The van der Waals surface area contributed by atoms with Crippen molar-refractivity contribution in [3.63, 3.8) is 0 Å². The monoisotopic (exact) mass is 487 g/mol. The number of alkyl halides is 3. The maximum Gasteiger partial charge on any atom is 0.416 e. The second kappa shape index (κ2) is 11.1. The molecule has 0 saturated carbocycles. The zero-order valence-corrected chi connectivity index (χ0v) is 18.8. The number of nitrogens with zero attached hydrogens (tertiary/aromatic N) is 3. The molecule has 0 spiro atoms. The quantitative estimate of drug-likeness (QED) is 0.243. The summed E-state index contributed by atoms with van der Waals surface area (Å²) >= 11 is 0. The molecule has 36 heavy (non-hydrogen) atoms. The van der Waals surface area contributed by atoms with Crippen LogP contribution in [-0.2, 0) is 6.18 Å². The Bertz CT molecular complexity index is 1450. The molecule has 4 aromatic rings. The van der Waals surface area contributed by atoms with Crippen molar-refractivity contribution >= 4 is 41.0 Å². The summed E-state index contributed by atoms with van der Waals surface area (Å²) in [7, 11) is 0. The maximum absolute atomic E-state index is 12.9. The van der Waals surface area contributed by atoms with Crippen molar-refractivity contribution < 1.29 is 18.0 Å². The van der Waals surface area contributed by atoms with Crippen LogP contribution >= 0.6 is 0 Å². The van der Waals surface area contributed by atoms with Crippen molar-refractivity contribution in [1.82, 2.24) is 10.4 Å². The number of carbonyl (C=O) groups is 1. The number of pyridine rings is 1. The summed E-state index contributed by atoms with van der Waals surface area (Å²) in [6, 6.07) is 22.9. The third kappa shape index (κ3) is 6.41. The molecular formula is C27H20F3N5O. The van der Waals surface area contributed by atoms with Crippen molar-refractivity contribution in [2.75, 3.05) is 5.43 Å². The van der Waals surface area contributed by atoms with Gasteiger partial charge in [-0.05, 0) is 42.0 Å². The van der Waals surface area contributed by atoms with E-state index < -0.39 is 17.6 Å². The lowest BCUT2D eigenvalue weighted by Gasteiger charge is -2.08. The van der Waals surface area contributed by atoms with Gasteiger partial charge in [0.2, 0.25) is 0 Å². The van der Waals surface area contributed by atoms with E-state index in [0.717, 1.165) is 17.7 Å². The lowest BCUT2D eigenvalue weighted by atomic mass is 10.1. The summed E-state index contributed by atoms with van der Waals surface area (Å²) in [6.45, 7) is 0. The molecule has 0 aliphatic carbocycles. The molecule has 0 radical (unpaired) electrons. The SMILES string of the molecule is O=C(N/N=C\C=C\c1ccccc1)c1cc(/C=N/Nc2cccc(C(F)(F)F)c2)nc2ccccc12. The van der Waals surface area contributed by atoms with Gasteiger partial charge in [0.25, 0.3) is 5.91 Å². The number of hydrogen-bond acceptors (Lipinski definition) is 5. The van der Waals surface area contributed by atoms with Crippen molar-refractivity contribution in [2.45, 2.75) is 6.18 Å². The number of benzene rings is 3. The van der Waals surface area contributed by atoms with Crippen LogP contribution in [0.2, 0.25) is 0 Å². The number of hydrogen-bond donors (Lipinski definition) is 2. The Morgan fingerprint density at radius 2 is 1.67 bits per heavy atom. The van der Waals surface area contributed by atoms with Gasteiger partial charge < -0.3 is 0 Å². The molecule has 6 nitrogen and oxygen atoms in total. The third-order valence-electron chi connectivity index (χ3n) is 4.98. The molecular weight excluding hydrogens is 467 g/mol. The zero-order chi connectivity index (χ0) is 25.4. The predicted molar refractivity (Wildman–Crippen MR) is 136 cm³/mol. The number of allylic oxidation sites excluding steroid dienone is 1. The van der Waals surface area contributed by atoms with Crippen molar-refractivity contribution in [2.24, 2.45) is 10.2 Å². The Hall–Kier alpha value is -4.79. The van der Waals surface area contributed by atoms with Gasteiger partial charge in [-0.1, -0.05) is 60.7 Å². The van der Waals surface area contributed by atoms with E-state index in [1.807, 2.05) is 36.4 Å². The number of para-hydroxylation sites is 1. The lowest BCUT2D eigenvalue weighted by molar-refractivity contribution is -0.137. The molecule has 2 N–H and O–H groups in total. The van der Waals surface area contributed by atoms with Crippen molar-refractivity contribution in [3.05, 3.63) is 113 Å². The number of hydrazone groups is 2. The van der Waals surface area contributed by atoms with Gasteiger partial charge in [0.05, 0.1) is 34.2 Å². The summed E-state index contributed by atoms with van der Waals surface area (Å²) in [5.41, 5.74) is 6.65. The molecule has 180 valence electrons. The largest absolute Gasteiger partial charge is 0.416 e. The molecule has 0 fully saturated rings. The molecule has 0 aliphatic heterocycles. The van der Waals surface area contributed by atoms with E-state index in [1.54, 1.807) is 30.3 Å². The highest BCUT2D eigenvalue weighted by Crippen LogP contribution is 2.30. The first-order valence-electron chi connectivity index (χ1n) is 10.8. The lowest BCUT2D eigenvalue weighted by Crippen LogP contribution is -2.18. The number of anilines is 1. The van der Waals surface area contributed by atoms with Gasteiger partial charge in [-0.15, -0.1) is 0 Å². The smallest absolute Gasteiger partial charge is 0.278 e. The number of aromatic nitrogens is 1. The summed E-state index contributed by atoms with van der Waals surface area (Å²) in [6.07, 6.45) is 1.90. The molecule has 4 rings (SSSR count). The van der Waals surface area contributed by atoms with Gasteiger partial charge in [-0.25, -0.2) is 10.4 Å². The predicted octanol–water partition coefficient (Wildman–Crippen LogP) is 6.13. The molecule has 0 aliphatic rings. The minimum atomic E-state index is -4.45. The fourth-order valence-corrected chi connectivity index (χ4v) is 3.31. The van der Waals surface area contributed by atoms with Crippen LogP contribution in [0.3, 0.4) is 0 Å². The number of fused-ring (bicyclic) bond motifs is 1. The fourth-order valence-electron chi connectivity index (χ4n) is 3.31. The first-order chi connectivity index (χ1) is 17.4. The summed E-state index contributed by atoms with van der Waals surface area (Å²) in [5, 5.41) is 8.56. The summed E-state index contributed by atoms with van der Waals surface area (Å²) in [5.74, 6) is -0.446. The Morgan fingerprint density at radius 3 is 2.47 bits per heavy atom. The molecule has 1 heterocycles.